The lowest BCUT2D eigenvalue weighted by molar-refractivity contribution is 0.398. The molecule has 0 aliphatic rings. The number of nitrogen functional groups attached to an aromatic ring is 1. The SMILES string of the molecule is COc1cccc(-c2nc(C)c(C)c(NN)n2)n1. The molecule has 0 radical (unpaired) electrons. The molecule has 18 heavy (non-hydrogen) atoms. The van der Waals surface area contributed by atoms with Gasteiger partial charge < -0.3 is 10.2 Å². The Hall–Kier alpha value is -2.21. The van der Waals surface area contributed by atoms with Crippen molar-refractivity contribution in [1.29, 1.82) is 0 Å². The summed E-state index contributed by atoms with van der Waals surface area (Å²) in [5.74, 6) is 7.08. The highest BCUT2D eigenvalue weighted by Gasteiger charge is 2.10. The largest absolute Gasteiger partial charge is 0.481 e. The lowest BCUT2D eigenvalue weighted by Crippen LogP contribution is -2.12. The average molecular weight is 245 g/mol. The number of ether oxygens (including phenoxy) is 1. The second-order valence-electron chi connectivity index (χ2n) is 3.82. The van der Waals surface area contributed by atoms with E-state index in [1.54, 1.807) is 13.2 Å². The number of nitrogens with two attached hydrogens (primary N) is 1. The molecule has 0 saturated heterocycles. The lowest BCUT2D eigenvalue weighted by Gasteiger charge is -2.09. The predicted octanol–water partition coefficient (Wildman–Crippen LogP) is 1.45. The highest BCUT2D eigenvalue weighted by atomic mass is 16.5. The van der Waals surface area contributed by atoms with Crippen molar-refractivity contribution in [2.45, 2.75) is 13.8 Å². The number of aromatic nitrogens is 3. The van der Waals surface area contributed by atoms with E-state index in [1.165, 1.54) is 0 Å². The molecule has 0 aliphatic heterocycles. The fraction of sp³-hybridized carbons (Fsp3) is 0.250. The molecule has 0 unspecified atom stereocenters. The van der Waals surface area contributed by atoms with Crippen molar-refractivity contribution in [1.82, 2.24) is 15.0 Å². The molecule has 2 rings (SSSR count). The molecule has 0 saturated carbocycles. The molecule has 0 atom stereocenters. The monoisotopic (exact) mass is 245 g/mol. The molecular formula is C12H15N5O. The number of rotatable bonds is 3. The van der Waals surface area contributed by atoms with Gasteiger partial charge in [-0.2, -0.15) is 0 Å². The average Bonchev–Trinajstić information content (AvgIpc) is 2.41. The van der Waals surface area contributed by atoms with Crippen LogP contribution in [0.5, 0.6) is 5.88 Å². The van der Waals surface area contributed by atoms with E-state index in [-0.39, 0.29) is 0 Å². The molecule has 6 heteroatoms. The Morgan fingerprint density at radius 2 is 1.94 bits per heavy atom. The number of methoxy groups -OCH3 is 1. The maximum absolute atomic E-state index is 5.44. The first kappa shape index (κ1) is 12.3. The van der Waals surface area contributed by atoms with Crippen molar-refractivity contribution in [3.63, 3.8) is 0 Å². The third-order valence-corrected chi connectivity index (χ3v) is 2.69. The summed E-state index contributed by atoms with van der Waals surface area (Å²) in [4.78, 5) is 13.0. The van der Waals surface area contributed by atoms with Crippen LogP contribution in [0.4, 0.5) is 5.82 Å². The van der Waals surface area contributed by atoms with Gasteiger partial charge in [0.05, 0.1) is 7.11 Å². The molecule has 0 bridgehead atoms. The van der Waals surface area contributed by atoms with Gasteiger partial charge in [-0.1, -0.05) is 6.07 Å². The van der Waals surface area contributed by atoms with Gasteiger partial charge in [-0.15, -0.1) is 0 Å². The normalized spacial score (nSPS) is 10.2. The van der Waals surface area contributed by atoms with Gasteiger partial charge in [0.1, 0.15) is 11.5 Å². The van der Waals surface area contributed by atoms with Gasteiger partial charge in [-0.3, -0.25) is 0 Å². The topological polar surface area (TPSA) is 86.0 Å². The number of hydrazine groups is 1. The zero-order valence-electron chi connectivity index (χ0n) is 10.6. The number of pyridine rings is 1. The van der Waals surface area contributed by atoms with Crippen molar-refractivity contribution in [2.24, 2.45) is 5.84 Å². The zero-order valence-corrected chi connectivity index (χ0v) is 10.6. The number of hydrogen-bond donors (Lipinski definition) is 2. The minimum atomic E-state index is 0.518. The zero-order chi connectivity index (χ0) is 13.1. The standard InChI is InChI=1S/C12H15N5O/c1-7-8(2)14-12(16-11(7)17-13)9-5-4-6-10(15-9)18-3/h4-6H,13H2,1-3H3,(H,14,16,17). The molecule has 0 aromatic carbocycles. The van der Waals surface area contributed by atoms with Crippen LogP contribution in [0.3, 0.4) is 0 Å². The summed E-state index contributed by atoms with van der Waals surface area (Å²) in [7, 11) is 1.57. The van der Waals surface area contributed by atoms with Crippen molar-refractivity contribution >= 4 is 5.82 Å². The van der Waals surface area contributed by atoms with Crippen LogP contribution < -0.4 is 16.0 Å². The minimum Gasteiger partial charge on any atom is -0.481 e. The first-order valence-corrected chi connectivity index (χ1v) is 5.49. The van der Waals surface area contributed by atoms with Crippen molar-refractivity contribution in [2.75, 3.05) is 12.5 Å². The minimum absolute atomic E-state index is 0.518. The van der Waals surface area contributed by atoms with Gasteiger partial charge in [-0.25, -0.2) is 20.8 Å². The van der Waals surface area contributed by atoms with Gasteiger partial charge in [0.2, 0.25) is 5.88 Å². The molecule has 0 aliphatic carbocycles. The molecule has 2 heterocycles. The van der Waals surface area contributed by atoms with Crippen LogP contribution in [0.15, 0.2) is 18.2 Å². The van der Waals surface area contributed by atoms with E-state index >= 15 is 0 Å². The van der Waals surface area contributed by atoms with Gasteiger partial charge >= 0.3 is 0 Å². The van der Waals surface area contributed by atoms with E-state index in [0.29, 0.717) is 23.2 Å². The summed E-state index contributed by atoms with van der Waals surface area (Å²) in [6.45, 7) is 3.81. The van der Waals surface area contributed by atoms with Gasteiger partial charge in [0.15, 0.2) is 5.82 Å². The molecule has 0 amide bonds. The smallest absolute Gasteiger partial charge is 0.213 e. The van der Waals surface area contributed by atoms with Gasteiger partial charge in [0.25, 0.3) is 0 Å². The maximum Gasteiger partial charge on any atom is 0.213 e. The van der Waals surface area contributed by atoms with E-state index in [9.17, 15) is 0 Å². The number of nitrogens with one attached hydrogen (secondary N) is 1. The Kier molecular flexibility index (Phi) is 3.38. The Balaban J connectivity index is 2.53. The van der Waals surface area contributed by atoms with Crippen LogP contribution in [0.1, 0.15) is 11.3 Å². The molecular weight excluding hydrogens is 230 g/mol. The molecule has 0 fully saturated rings. The Bertz CT molecular complexity index is 570. The summed E-state index contributed by atoms with van der Waals surface area (Å²) < 4.78 is 5.08. The fourth-order valence-electron chi connectivity index (χ4n) is 1.54. The van der Waals surface area contributed by atoms with Crippen LogP contribution in [0.25, 0.3) is 11.5 Å². The highest BCUT2D eigenvalue weighted by molar-refractivity contribution is 5.56. The third-order valence-electron chi connectivity index (χ3n) is 2.69. The number of anilines is 1. The predicted molar refractivity (Wildman–Crippen MR) is 69.1 cm³/mol. The molecule has 2 aromatic heterocycles. The molecule has 6 nitrogen and oxygen atoms in total. The van der Waals surface area contributed by atoms with E-state index in [2.05, 4.69) is 20.4 Å². The van der Waals surface area contributed by atoms with Crippen LogP contribution in [-0.2, 0) is 0 Å². The van der Waals surface area contributed by atoms with Crippen LogP contribution in [0.2, 0.25) is 0 Å². The van der Waals surface area contributed by atoms with Gasteiger partial charge in [-0.05, 0) is 19.9 Å². The molecule has 0 spiro atoms. The Morgan fingerprint density at radius 1 is 1.17 bits per heavy atom. The van der Waals surface area contributed by atoms with Crippen LogP contribution in [-0.4, -0.2) is 22.1 Å². The van der Waals surface area contributed by atoms with E-state index < -0.39 is 0 Å². The molecule has 94 valence electrons. The first-order chi connectivity index (χ1) is 8.65. The Morgan fingerprint density at radius 3 is 2.61 bits per heavy atom. The van der Waals surface area contributed by atoms with Crippen LogP contribution >= 0.6 is 0 Å². The summed E-state index contributed by atoms with van der Waals surface area (Å²) in [5, 5.41) is 0. The highest BCUT2D eigenvalue weighted by Crippen LogP contribution is 2.21. The lowest BCUT2D eigenvalue weighted by atomic mass is 10.2. The Labute approximate surface area is 105 Å². The molecule has 2 aromatic rings. The van der Waals surface area contributed by atoms with Crippen molar-refractivity contribution < 1.29 is 4.74 Å². The number of nitrogens with zero attached hydrogens (tertiary/aromatic N) is 3. The van der Waals surface area contributed by atoms with E-state index in [0.717, 1.165) is 11.3 Å². The van der Waals surface area contributed by atoms with Crippen LogP contribution in [0, 0.1) is 13.8 Å². The van der Waals surface area contributed by atoms with Crippen molar-refractivity contribution in [3.8, 4) is 17.4 Å². The van der Waals surface area contributed by atoms with Crippen molar-refractivity contribution in [3.05, 3.63) is 29.5 Å². The quantitative estimate of drug-likeness (QED) is 0.628. The summed E-state index contributed by atoms with van der Waals surface area (Å²) in [6, 6.07) is 5.44. The number of hydrogen-bond acceptors (Lipinski definition) is 6. The fourth-order valence-corrected chi connectivity index (χ4v) is 1.54. The maximum atomic E-state index is 5.44. The first-order valence-electron chi connectivity index (χ1n) is 5.49. The summed E-state index contributed by atoms with van der Waals surface area (Å²) in [5.41, 5.74) is 4.99. The summed E-state index contributed by atoms with van der Waals surface area (Å²) >= 11 is 0. The third kappa shape index (κ3) is 2.23. The second-order valence-corrected chi connectivity index (χ2v) is 3.82. The van der Waals surface area contributed by atoms with E-state index in [4.69, 9.17) is 10.6 Å². The van der Waals surface area contributed by atoms with Gasteiger partial charge in [0, 0.05) is 17.3 Å². The summed E-state index contributed by atoms with van der Waals surface area (Å²) in [6.07, 6.45) is 0. The molecule has 3 N–H and O–H groups in total. The van der Waals surface area contributed by atoms with E-state index in [1.807, 2.05) is 26.0 Å². The number of aryl methyl sites for hydroxylation is 1. The second kappa shape index (κ2) is 4.97.